The van der Waals surface area contributed by atoms with Crippen LogP contribution in [0, 0.1) is 5.92 Å². The summed E-state index contributed by atoms with van der Waals surface area (Å²) in [7, 11) is 1.62. The summed E-state index contributed by atoms with van der Waals surface area (Å²) in [5, 5.41) is 2.88. The van der Waals surface area contributed by atoms with Gasteiger partial charge in [-0.1, -0.05) is 19.9 Å². The number of nitrogens with one attached hydrogen (secondary N) is 1. The van der Waals surface area contributed by atoms with E-state index in [9.17, 15) is 4.79 Å². The summed E-state index contributed by atoms with van der Waals surface area (Å²) in [5.41, 5.74) is 1.26. The van der Waals surface area contributed by atoms with E-state index in [0.717, 1.165) is 5.75 Å². The number of carbonyl (C=O) groups is 1. The molecule has 5 heteroatoms. The Morgan fingerprint density at radius 1 is 1.00 bits per heavy atom. The molecule has 2 rings (SSSR count). The molecule has 0 saturated carbocycles. The van der Waals surface area contributed by atoms with E-state index >= 15 is 0 Å². The largest absolute Gasteiger partial charge is 0.493 e. The van der Waals surface area contributed by atoms with Gasteiger partial charge in [-0.2, -0.15) is 0 Å². The van der Waals surface area contributed by atoms with Crippen LogP contribution < -0.4 is 14.8 Å². The highest BCUT2D eigenvalue weighted by atomic mass is 16.5. The highest BCUT2D eigenvalue weighted by Gasteiger charge is 2.07. The average molecular weight is 343 g/mol. The standard InChI is InChI=1S/C20H25NO4/c1-15(2)14-25-19-6-4-5-17(13-19)21-20(22)16-7-9-18(10-8-16)24-12-11-23-3/h4-10,13,15H,11-12,14H2,1-3H3,(H,21,22). The normalized spacial score (nSPS) is 10.6. The van der Waals surface area contributed by atoms with E-state index in [2.05, 4.69) is 19.2 Å². The van der Waals surface area contributed by atoms with Crippen molar-refractivity contribution in [3.05, 3.63) is 54.1 Å². The van der Waals surface area contributed by atoms with E-state index < -0.39 is 0 Å². The van der Waals surface area contributed by atoms with Crippen LogP contribution in [0.25, 0.3) is 0 Å². The molecule has 0 aromatic heterocycles. The van der Waals surface area contributed by atoms with Gasteiger partial charge in [-0.15, -0.1) is 0 Å². The van der Waals surface area contributed by atoms with E-state index in [4.69, 9.17) is 14.2 Å². The number of benzene rings is 2. The molecule has 2 aromatic rings. The third-order valence-electron chi connectivity index (χ3n) is 3.35. The van der Waals surface area contributed by atoms with Gasteiger partial charge in [0.15, 0.2) is 0 Å². The highest BCUT2D eigenvalue weighted by Crippen LogP contribution is 2.19. The van der Waals surface area contributed by atoms with Crippen LogP contribution in [0.4, 0.5) is 5.69 Å². The Labute approximate surface area is 148 Å². The maximum atomic E-state index is 12.4. The second-order valence-corrected chi connectivity index (χ2v) is 6.05. The van der Waals surface area contributed by atoms with Crippen molar-refractivity contribution in [1.29, 1.82) is 0 Å². The SMILES string of the molecule is COCCOc1ccc(C(=O)Nc2cccc(OCC(C)C)c2)cc1. The average Bonchev–Trinajstić information content (AvgIpc) is 2.61. The smallest absolute Gasteiger partial charge is 0.255 e. The number of carbonyl (C=O) groups excluding carboxylic acids is 1. The minimum absolute atomic E-state index is 0.176. The molecule has 0 heterocycles. The predicted octanol–water partition coefficient (Wildman–Crippen LogP) is 4.00. The molecule has 0 unspecified atom stereocenters. The van der Waals surface area contributed by atoms with Crippen LogP contribution in [0.2, 0.25) is 0 Å². The van der Waals surface area contributed by atoms with Crippen LogP contribution in [-0.2, 0) is 4.74 Å². The Morgan fingerprint density at radius 3 is 2.44 bits per heavy atom. The Kier molecular flexibility index (Phi) is 7.29. The lowest BCUT2D eigenvalue weighted by Gasteiger charge is -2.11. The molecule has 0 aliphatic heterocycles. The number of ether oxygens (including phenoxy) is 3. The number of rotatable bonds is 9. The van der Waals surface area contributed by atoms with Crippen molar-refractivity contribution in [2.75, 3.05) is 32.2 Å². The number of hydrogen-bond donors (Lipinski definition) is 1. The molecule has 0 atom stereocenters. The van der Waals surface area contributed by atoms with Gasteiger partial charge in [-0.3, -0.25) is 4.79 Å². The molecule has 0 saturated heterocycles. The molecule has 134 valence electrons. The van der Waals surface area contributed by atoms with Crippen molar-refractivity contribution in [3.8, 4) is 11.5 Å². The molecule has 0 spiro atoms. The molecule has 1 N–H and O–H groups in total. The minimum Gasteiger partial charge on any atom is -0.493 e. The molecule has 1 amide bonds. The third kappa shape index (κ3) is 6.47. The van der Waals surface area contributed by atoms with Crippen LogP contribution in [0.1, 0.15) is 24.2 Å². The van der Waals surface area contributed by atoms with Crippen molar-refractivity contribution in [1.82, 2.24) is 0 Å². The van der Waals surface area contributed by atoms with Crippen molar-refractivity contribution < 1.29 is 19.0 Å². The quantitative estimate of drug-likeness (QED) is 0.699. The Hall–Kier alpha value is -2.53. The van der Waals surface area contributed by atoms with Crippen LogP contribution >= 0.6 is 0 Å². The first-order chi connectivity index (χ1) is 12.1. The lowest BCUT2D eigenvalue weighted by Crippen LogP contribution is -2.12. The third-order valence-corrected chi connectivity index (χ3v) is 3.35. The van der Waals surface area contributed by atoms with Gasteiger partial charge in [0.25, 0.3) is 5.91 Å². The van der Waals surface area contributed by atoms with E-state index in [1.165, 1.54) is 0 Å². The van der Waals surface area contributed by atoms with Crippen molar-refractivity contribution >= 4 is 11.6 Å². The number of hydrogen-bond acceptors (Lipinski definition) is 4. The van der Waals surface area contributed by atoms with E-state index in [1.54, 1.807) is 31.4 Å². The minimum atomic E-state index is -0.176. The fraction of sp³-hybridized carbons (Fsp3) is 0.350. The van der Waals surface area contributed by atoms with Gasteiger partial charge >= 0.3 is 0 Å². The number of anilines is 1. The maximum absolute atomic E-state index is 12.4. The number of methoxy groups -OCH3 is 1. The van der Waals surface area contributed by atoms with Gasteiger partial charge in [-0.25, -0.2) is 0 Å². The maximum Gasteiger partial charge on any atom is 0.255 e. The monoisotopic (exact) mass is 343 g/mol. The summed E-state index contributed by atoms with van der Waals surface area (Å²) >= 11 is 0. The van der Waals surface area contributed by atoms with E-state index in [-0.39, 0.29) is 5.91 Å². The summed E-state index contributed by atoms with van der Waals surface area (Å²) in [4.78, 5) is 12.4. The first-order valence-electron chi connectivity index (χ1n) is 8.34. The molecule has 5 nitrogen and oxygen atoms in total. The van der Waals surface area contributed by atoms with E-state index in [0.29, 0.717) is 42.7 Å². The fourth-order valence-electron chi connectivity index (χ4n) is 2.08. The van der Waals surface area contributed by atoms with Gasteiger partial charge in [0.1, 0.15) is 18.1 Å². The molecule has 25 heavy (non-hydrogen) atoms. The molecular weight excluding hydrogens is 318 g/mol. The zero-order chi connectivity index (χ0) is 18.1. The van der Waals surface area contributed by atoms with Gasteiger partial charge in [0, 0.05) is 24.4 Å². The van der Waals surface area contributed by atoms with Crippen LogP contribution in [-0.4, -0.2) is 32.8 Å². The van der Waals surface area contributed by atoms with Crippen LogP contribution in [0.5, 0.6) is 11.5 Å². The number of amides is 1. The summed E-state index contributed by atoms with van der Waals surface area (Å²) in [5.74, 6) is 1.72. The molecular formula is C20H25NO4. The summed E-state index contributed by atoms with van der Waals surface area (Å²) in [6.45, 7) is 5.83. The topological polar surface area (TPSA) is 56.8 Å². The van der Waals surface area contributed by atoms with Gasteiger partial charge in [0.2, 0.25) is 0 Å². The molecule has 0 aliphatic rings. The zero-order valence-electron chi connectivity index (χ0n) is 15.0. The van der Waals surface area contributed by atoms with Crippen LogP contribution in [0.3, 0.4) is 0 Å². The fourth-order valence-corrected chi connectivity index (χ4v) is 2.08. The Morgan fingerprint density at radius 2 is 1.76 bits per heavy atom. The molecule has 0 radical (unpaired) electrons. The Bertz CT molecular complexity index is 668. The molecule has 2 aromatic carbocycles. The lowest BCUT2D eigenvalue weighted by atomic mass is 10.2. The van der Waals surface area contributed by atoms with Gasteiger partial charge < -0.3 is 19.5 Å². The second kappa shape index (κ2) is 9.69. The summed E-state index contributed by atoms with van der Waals surface area (Å²) in [6.07, 6.45) is 0. The first-order valence-corrected chi connectivity index (χ1v) is 8.34. The molecule has 0 bridgehead atoms. The molecule has 0 aliphatic carbocycles. The van der Waals surface area contributed by atoms with Crippen molar-refractivity contribution in [2.45, 2.75) is 13.8 Å². The van der Waals surface area contributed by atoms with Crippen molar-refractivity contribution in [3.63, 3.8) is 0 Å². The van der Waals surface area contributed by atoms with E-state index in [1.807, 2.05) is 24.3 Å². The summed E-state index contributed by atoms with van der Waals surface area (Å²) < 4.78 is 16.1. The Balaban J connectivity index is 1.93. The molecule has 0 fully saturated rings. The second-order valence-electron chi connectivity index (χ2n) is 6.05. The summed E-state index contributed by atoms with van der Waals surface area (Å²) in [6, 6.07) is 14.4. The lowest BCUT2D eigenvalue weighted by molar-refractivity contribution is 0.102. The van der Waals surface area contributed by atoms with Gasteiger partial charge in [0.05, 0.1) is 13.2 Å². The predicted molar refractivity (Wildman–Crippen MR) is 98.5 cm³/mol. The van der Waals surface area contributed by atoms with Crippen molar-refractivity contribution in [2.24, 2.45) is 5.92 Å². The highest BCUT2D eigenvalue weighted by molar-refractivity contribution is 6.04. The first kappa shape index (κ1) is 18.8. The van der Waals surface area contributed by atoms with Gasteiger partial charge in [-0.05, 0) is 42.3 Å². The van der Waals surface area contributed by atoms with Crippen LogP contribution in [0.15, 0.2) is 48.5 Å². The zero-order valence-corrected chi connectivity index (χ0v) is 15.0.